The van der Waals surface area contributed by atoms with Crippen LogP contribution in [0.15, 0.2) is 24.7 Å². The first-order valence-electron chi connectivity index (χ1n) is 4.88. The summed E-state index contributed by atoms with van der Waals surface area (Å²) in [5.74, 6) is 0.0153. The van der Waals surface area contributed by atoms with Gasteiger partial charge in [0, 0.05) is 18.0 Å². The fraction of sp³-hybridized carbons (Fsp3) is 0.0909. The minimum atomic E-state index is -0.543. The average molecular weight is 230 g/mol. The summed E-state index contributed by atoms with van der Waals surface area (Å²) in [4.78, 5) is 25.6. The van der Waals surface area contributed by atoms with Crippen LogP contribution in [-0.4, -0.2) is 27.0 Å². The van der Waals surface area contributed by atoms with Crippen molar-refractivity contribution in [1.82, 2.24) is 14.8 Å². The Bertz CT molecular complexity index is 589. The third-order valence-corrected chi connectivity index (χ3v) is 2.29. The van der Waals surface area contributed by atoms with E-state index in [2.05, 4.69) is 10.1 Å². The molecule has 0 bridgehead atoms. The van der Waals surface area contributed by atoms with E-state index in [0.29, 0.717) is 16.9 Å². The van der Waals surface area contributed by atoms with Gasteiger partial charge >= 0.3 is 0 Å². The van der Waals surface area contributed by atoms with Crippen LogP contribution in [0.3, 0.4) is 0 Å². The number of primary amides is 1. The number of nitrogens with two attached hydrogens (primary N) is 1. The average Bonchev–Trinajstić information content (AvgIpc) is 2.78. The highest BCUT2D eigenvalue weighted by Gasteiger charge is 2.08. The molecule has 2 aromatic heterocycles. The first-order chi connectivity index (χ1) is 8.11. The second-order valence-corrected chi connectivity index (χ2v) is 3.56. The van der Waals surface area contributed by atoms with Crippen molar-refractivity contribution in [3.8, 4) is 5.82 Å². The van der Waals surface area contributed by atoms with Gasteiger partial charge in [0.25, 0.3) is 5.91 Å². The SMILES string of the molecule is Cc1cc(C=O)cnc1-n1cc(C(N)=O)cn1. The number of carbonyl (C=O) groups excluding carboxylic acids is 2. The number of aryl methyl sites for hydroxylation is 1. The summed E-state index contributed by atoms with van der Waals surface area (Å²) >= 11 is 0. The lowest BCUT2D eigenvalue weighted by molar-refractivity contribution is 0.1000. The first-order valence-corrected chi connectivity index (χ1v) is 4.88. The Hall–Kier alpha value is -2.50. The topological polar surface area (TPSA) is 90.9 Å². The van der Waals surface area contributed by atoms with Gasteiger partial charge in [-0.3, -0.25) is 9.59 Å². The van der Waals surface area contributed by atoms with Gasteiger partial charge in [0.15, 0.2) is 12.1 Å². The van der Waals surface area contributed by atoms with Crippen molar-refractivity contribution in [3.63, 3.8) is 0 Å². The molecule has 0 saturated carbocycles. The van der Waals surface area contributed by atoms with Gasteiger partial charge in [-0.1, -0.05) is 0 Å². The summed E-state index contributed by atoms with van der Waals surface area (Å²) in [6, 6.07) is 1.70. The maximum Gasteiger partial charge on any atom is 0.251 e. The van der Waals surface area contributed by atoms with Crippen LogP contribution in [-0.2, 0) is 0 Å². The van der Waals surface area contributed by atoms with Gasteiger partial charge in [-0.05, 0) is 18.6 Å². The standard InChI is InChI=1S/C11H10N4O2/c1-7-2-8(6-16)3-13-11(7)15-5-9(4-14-15)10(12)17/h2-6H,1H3,(H2,12,17). The first kappa shape index (κ1) is 11.0. The van der Waals surface area contributed by atoms with Gasteiger partial charge in [0.2, 0.25) is 0 Å². The fourth-order valence-corrected chi connectivity index (χ4v) is 1.46. The van der Waals surface area contributed by atoms with Gasteiger partial charge in [-0.25, -0.2) is 9.67 Å². The predicted molar refractivity (Wildman–Crippen MR) is 60.0 cm³/mol. The molecule has 0 spiro atoms. The zero-order valence-electron chi connectivity index (χ0n) is 9.12. The molecule has 6 heteroatoms. The van der Waals surface area contributed by atoms with Crippen LogP contribution < -0.4 is 5.73 Å². The lowest BCUT2D eigenvalue weighted by Crippen LogP contribution is -2.09. The molecule has 2 heterocycles. The largest absolute Gasteiger partial charge is 0.366 e. The molecule has 0 aliphatic heterocycles. The third kappa shape index (κ3) is 2.05. The number of pyridine rings is 1. The molecule has 86 valence electrons. The number of rotatable bonds is 3. The molecule has 0 radical (unpaired) electrons. The Morgan fingerprint density at radius 1 is 1.47 bits per heavy atom. The molecule has 0 saturated heterocycles. The van der Waals surface area contributed by atoms with Crippen molar-refractivity contribution in [1.29, 1.82) is 0 Å². The molecule has 6 nitrogen and oxygen atoms in total. The van der Waals surface area contributed by atoms with E-state index in [1.807, 2.05) is 0 Å². The molecule has 0 fully saturated rings. The molecule has 2 aromatic rings. The number of nitrogens with zero attached hydrogens (tertiary/aromatic N) is 3. The van der Waals surface area contributed by atoms with Crippen molar-refractivity contribution in [2.24, 2.45) is 5.73 Å². The van der Waals surface area contributed by atoms with Gasteiger partial charge in [-0.2, -0.15) is 5.10 Å². The molecular weight excluding hydrogens is 220 g/mol. The maximum atomic E-state index is 10.9. The molecule has 1 amide bonds. The third-order valence-electron chi connectivity index (χ3n) is 2.29. The minimum absolute atomic E-state index is 0.311. The van der Waals surface area contributed by atoms with E-state index >= 15 is 0 Å². The molecule has 0 aliphatic rings. The van der Waals surface area contributed by atoms with Gasteiger partial charge in [0.05, 0.1) is 11.8 Å². The maximum absolute atomic E-state index is 10.9. The van der Waals surface area contributed by atoms with Gasteiger partial charge < -0.3 is 5.73 Å². The summed E-state index contributed by atoms with van der Waals surface area (Å²) in [5.41, 5.74) is 6.72. The van der Waals surface area contributed by atoms with Crippen molar-refractivity contribution in [2.75, 3.05) is 0 Å². The van der Waals surface area contributed by atoms with E-state index in [1.165, 1.54) is 23.3 Å². The summed E-state index contributed by atoms with van der Waals surface area (Å²) < 4.78 is 1.45. The van der Waals surface area contributed by atoms with E-state index in [0.717, 1.165) is 11.8 Å². The van der Waals surface area contributed by atoms with Crippen LogP contribution in [0.4, 0.5) is 0 Å². The molecule has 0 unspecified atom stereocenters. The van der Waals surface area contributed by atoms with Crippen molar-refractivity contribution in [2.45, 2.75) is 6.92 Å². The molecule has 0 aromatic carbocycles. The van der Waals surface area contributed by atoms with Crippen LogP contribution in [0.25, 0.3) is 5.82 Å². The van der Waals surface area contributed by atoms with E-state index in [-0.39, 0.29) is 0 Å². The number of hydrogen-bond donors (Lipinski definition) is 1. The van der Waals surface area contributed by atoms with Crippen molar-refractivity contribution >= 4 is 12.2 Å². The Morgan fingerprint density at radius 2 is 2.24 bits per heavy atom. The van der Waals surface area contributed by atoms with Crippen LogP contribution >= 0.6 is 0 Å². The zero-order valence-corrected chi connectivity index (χ0v) is 9.12. The van der Waals surface area contributed by atoms with E-state index in [4.69, 9.17) is 5.73 Å². The van der Waals surface area contributed by atoms with Gasteiger partial charge in [-0.15, -0.1) is 0 Å². The molecule has 0 aliphatic carbocycles. The lowest BCUT2D eigenvalue weighted by Gasteiger charge is -2.04. The van der Waals surface area contributed by atoms with E-state index in [9.17, 15) is 9.59 Å². The zero-order chi connectivity index (χ0) is 12.4. The fourth-order valence-electron chi connectivity index (χ4n) is 1.46. The van der Waals surface area contributed by atoms with E-state index in [1.54, 1.807) is 13.0 Å². The highest BCUT2D eigenvalue weighted by atomic mass is 16.1. The minimum Gasteiger partial charge on any atom is -0.366 e. The Balaban J connectivity index is 2.45. The van der Waals surface area contributed by atoms with Crippen LogP contribution in [0.5, 0.6) is 0 Å². The monoisotopic (exact) mass is 230 g/mol. The number of aromatic nitrogens is 3. The lowest BCUT2D eigenvalue weighted by atomic mass is 10.2. The number of amides is 1. The summed E-state index contributed by atoms with van der Waals surface area (Å²) in [7, 11) is 0. The Kier molecular flexibility index (Phi) is 2.70. The normalized spacial score (nSPS) is 10.2. The Morgan fingerprint density at radius 3 is 2.76 bits per heavy atom. The van der Waals surface area contributed by atoms with Crippen LogP contribution in [0, 0.1) is 6.92 Å². The summed E-state index contributed by atoms with van der Waals surface area (Å²) in [5, 5.41) is 3.99. The molecule has 2 rings (SSSR count). The second-order valence-electron chi connectivity index (χ2n) is 3.56. The summed E-state index contributed by atoms with van der Waals surface area (Å²) in [6.07, 6.45) is 5.04. The molecular formula is C11H10N4O2. The number of carbonyl (C=O) groups is 2. The van der Waals surface area contributed by atoms with E-state index < -0.39 is 5.91 Å². The van der Waals surface area contributed by atoms with Crippen molar-refractivity contribution in [3.05, 3.63) is 41.3 Å². The molecule has 2 N–H and O–H groups in total. The molecule has 17 heavy (non-hydrogen) atoms. The van der Waals surface area contributed by atoms with Crippen molar-refractivity contribution < 1.29 is 9.59 Å². The summed E-state index contributed by atoms with van der Waals surface area (Å²) in [6.45, 7) is 1.81. The second kappa shape index (κ2) is 4.17. The Labute approximate surface area is 97.1 Å². The molecule has 0 atom stereocenters. The van der Waals surface area contributed by atoms with Gasteiger partial charge in [0.1, 0.15) is 0 Å². The number of aldehydes is 1. The smallest absolute Gasteiger partial charge is 0.251 e. The van der Waals surface area contributed by atoms with Crippen LogP contribution in [0.2, 0.25) is 0 Å². The van der Waals surface area contributed by atoms with Crippen LogP contribution in [0.1, 0.15) is 26.3 Å². The highest BCUT2D eigenvalue weighted by molar-refractivity contribution is 5.92. The highest BCUT2D eigenvalue weighted by Crippen LogP contribution is 2.11. The predicted octanol–water partition coefficient (Wildman–Crippen LogP) is 0.487. The number of hydrogen-bond acceptors (Lipinski definition) is 4. The quantitative estimate of drug-likeness (QED) is 0.776.